The molecule has 1 aliphatic carbocycles. The van der Waals surface area contributed by atoms with Gasteiger partial charge in [0.2, 0.25) is 0 Å². The standard InChI is InChI=1S/C10H17FO3S/c1-3-15-10(11,8(12)14-2)9(13)6-4-5-7-9/h13H,3-7H2,1-2H3/t10-/m0/s1. The summed E-state index contributed by atoms with van der Waals surface area (Å²) in [4.78, 5) is 11.4. The van der Waals surface area contributed by atoms with Crippen LogP contribution in [-0.4, -0.2) is 34.5 Å². The Morgan fingerprint density at radius 1 is 1.60 bits per heavy atom. The maximum absolute atomic E-state index is 14.5. The highest BCUT2D eigenvalue weighted by atomic mass is 32.2. The Bertz CT molecular complexity index is 241. The predicted octanol–water partition coefficient (Wildman–Crippen LogP) is 1.88. The quantitative estimate of drug-likeness (QED) is 0.757. The normalized spacial score (nSPS) is 23.5. The molecule has 1 fully saturated rings. The van der Waals surface area contributed by atoms with Crippen LogP contribution in [0.25, 0.3) is 0 Å². The summed E-state index contributed by atoms with van der Waals surface area (Å²) in [5.74, 6) is -0.549. The van der Waals surface area contributed by atoms with Crippen LogP contribution in [0.1, 0.15) is 32.6 Å². The van der Waals surface area contributed by atoms with Crippen molar-refractivity contribution in [3.63, 3.8) is 0 Å². The molecule has 1 rings (SSSR count). The van der Waals surface area contributed by atoms with Crippen molar-refractivity contribution in [3.8, 4) is 0 Å². The molecule has 0 bridgehead atoms. The van der Waals surface area contributed by atoms with Gasteiger partial charge in [-0.1, -0.05) is 19.8 Å². The van der Waals surface area contributed by atoms with Crippen LogP contribution in [0, 0.1) is 0 Å². The van der Waals surface area contributed by atoms with Crippen molar-refractivity contribution >= 4 is 17.7 Å². The highest BCUT2D eigenvalue weighted by Gasteiger charge is 2.59. The van der Waals surface area contributed by atoms with Crippen molar-refractivity contribution in [1.82, 2.24) is 0 Å². The molecule has 0 saturated heterocycles. The van der Waals surface area contributed by atoms with Crippen molar-refractivity contribution in [2.45, 2.75) is 43.2 Å². The highest BCUT2D eigenvalue weighted by Crippen LogP contribution is 2.47. The van der Waals surface area contributed by atoms with E-state index >= 15 is 0 Å². The molecule has 0 radical (unpaired) electrons. The van der Waals surface area contributed by atoms with Gasteiger partial charge in [-0.3, -0.25) is 0 Å². The summed E-state index contributed by atoms with van der Waals surface area (Å²) in [5.41, 5.74) is -1.55. The lowest BCUT2D eigenvalue weighted by Crippen LogP contribution is -2.53. The number of thioether (sulfide) groups is 1. The van der Waals surface area contributed by atoms with Crippen LogP contribution in [-0.2, 0) is 9.53 Å². The molecule has 5 heteroatoms. The molecule has 0 heterocycles. The Morgan fingerprint density at radius 3 is 2.53 bits per heavy atom. The highest BCUT2D eigenvalue weighted by molar-refractivity contribution is 8.01. The first-order valence-electron chi connectivity index (χ1n) is 5.14. The van der Waals surface area contributed by atoms with Gasteiger partial charge in [-0.25, -0.2) is 9.18 Å². The number of carbonyl (C=O) groups is 1. The smallest absolute Gasteiger partial charge is 0.357 e. The van der Waals surface area contributed by atoms with E-state index in [0.29, 0.717) is 18.6 Å². The first-order valence-corrected chi connectivity index (χ1v) is 6.12. The molecule has 1 aliphatic rings. The molecule has 0 aliphatic heterocycles. The van der Waals surface area contributed by atoms with Gasteiger partial charge in [-0.2, -0.15) is 0 Å². The molecule has 15 heavy (non-hydrogen) atoms. The molecule has 3 nitrogen and oxygen atoms in total. The first-order chi connectivity index (χ1) is 7.00. The molecule has 88 valence electrons. The van der Waals surface area contributed by atoms with E-state index in [1.165, 1.54) is 0 Å². The number of esters is 1. The van der Waals surface area contributed by atoms with Crippen LogP contribution >= 0.6 is 11.8 Å². The van der Waals surface area contributed by atoms with E-state index in [1.54, 1.807) is 6.92 Å². The Hall–Kier alpha value is -0.290. The fourth-order valence-electron chi connectivity index (χ4n) is 1.99. The Kier molecular flexibility index (Phi) is 4.00. The van der Waals surface area contributed by atoms with E-state index in [-0.39, 0.29) is 0 Å². The van der Waals surface area contributed by atoms with Crippen LogP contribution in [0.3, 0.4) is 0 Å². The van der Waals surface area contributed by atoms with Crippen molar-refractivity contribution in [3.05, 3.63) is 0 Å². The number of hydrogen-bond acceptors (Lipinski definition) is 4. The average molecular weight is 236 g/mol. The van der Waals surface area contributed by atoms with Gasteiger partial charge < -0.3 is 9.84 Å². The third-order valence-electron chi connectivity index (χ3n) is 2.82. The van der Waals surface area contributed by atoms with E-state index in [2.05, 4.69) is 4.74 Å². The summed E-state index contributed by atoms with van der Waals surface area (Å²) in [6.07, 6.45) is 2.16. The van der Waals surface area contributed by atoms with Crippen LogP contribution in [0.2, 0.25) is 0 Å². The predicted molar refractivity (Wildman–Crippen MR) is 57.4 cm³/mol. The van der Waals surface area contributed by atoms with Crippen LogP contribution in [0.5, 0.6) is 0 Å². The molecule has 0 amide bonds. The van der Waals surface area contributed by atoms with Crippen molar-refractivity contribution in [2.24, 2.45) is 0 Å². The monoisotopic (exact) mass is 236 g/mol. The van der Waals surface area contributed by atoms with E-state index in [0.717, 1.165) is 31.7 Å². The fourth-order valence-corrected chi connectivity index (χ4v) is 3.07. The first kappa shape index (κ1) is 12.8. The second-order valence-corrected chi connectivity index (χ2v) is 5.19. The molecule has 0 aromatic carbocycles. The number of methoxy groups -OCH3 is 1. The van der Waals surface area contributed by atoms with Gasteiger partial charge >= 0.3 is 5.97 Å². The summed E-state index contributed by atoms with van der Waals surface area (Å²) in [5, 5.41) is 7.83. The van der Waals surface area contributed by atoms with Gasteiger partial charge in [-0.05, 0) is 18.6 Å². The number of hydrogen-bond donors (Lipinski definition) is 1. The number of alkyl halides is 1. The lowest BCUT2D eigenvalue weighted by atomic mass is 9.95. The topological polar surface area (TPSA) is 46.5 Å². The fraction of sp³-hybridized carbons (Fsp3) is 0.900. The summed E-state index contributed by atoms with van der Waals surface area (Å²) in [6, 6.07) is 0. The Balaban J connectivity index is 2.93. The lowest BCUT2D eigenvalue weighted by molar-refractivity contribution is -0.162. The second-order valence-electron chi connectivity index (χ2n) is 3.76. The molecule has 0 unspecified atom stereocenters. The van der Waals surface area contributed by atoms with Gasteiger partial charge in [0.1, 0.15) is 5.60 Å². The molecule has 1 atom stereocenters. The van der Waals surface area contributed by atoms with Crippen LogP contribution < -0.4 is 0 Å². The average Bonchev–Trinajstić information content (AvgIpc) is 2.65. The van der Waals surface area contributed by atoms with Gasteiger partial charge in [0.15, 0.2) is 0 Å². The summed E-state index contributed by atoms with van der Waals surface area (Å²) < 4.78 is 19.0. The molecular formula is C10H17FO3S. The minimum absolute atomic E-state index is 0.325. The summed E-state index contributed by atoms with van der Waals surface area (Å²) >= 11 is 0.816. The molecular weight excluding hydrogens is 219 g/mol. The summed E-state index contributed by atoms with van der Waals surface area (Å²) in [7, 11) is 1.14. The van der Waals surface area contributed by atoms with Crippen LogP contribution in [0.15, 0.2) is 0 Å². The third kappa shape index (κ3) is 2.13. The Labute approximate surface area is 93.4 Å². The molecule has 0 spiro atoms. The van der Waals surface area contributed by atoms with Gasteiger partial charge in [0, 0.05) is 0 Å². The maximum atomic E-state index is 14.5. The van der Waals surface area contributed by atoms with Crippen molar-refractivity contribution < 1.29 is 19.0 Å². The van der Waals surface area contributed by atoms with E-state index < -0.39 is 16.6 Å². The number of halogens is 1. The maximum Gasteiger partial charge on any atom is 0.357 e. The van der Waals surface area contributed by atoms with Crippen molar-refractivity contribution in [2.75, 3.05) is 12.9 Å². The second kappa shape index (κ2) is 4.70. The Morgan fingerprint density at radius 2 is 2.13 bits per heavy atom. The minimum atomic E-state index is -2.31. The van der Waals surface area contributed by atoms with Gasteiger partial charge in [0.05, 0.1) is 7.11 Å². The SMILES string of the molecule is CCS[C@@](F)(C(=O)OC)C1(O)CCCC1. The zero-order valence-corrected chi connectivity index (χ0v) is 9.90. The zero-order chi connectivity index (χ0) is 11.5. The lowest BCUT2D eigenvalue weighted by Gasteiger charge is -2.35. The van der Waals surface area contributed by atoms with Crippen molar-refractivity contribution in [1.29, 1.82) is 0 Å². The minimum Gasteiger partial charge on any atom is -0.466 e. The zero-order valence-electron chi connectivity index (χ0n) is 9.09. The van der Waals surface area contributed by atoms with E-state index in [4.69, 9.17) is 0 Å². The number of rotatable bonds is 4. The van der Waals surface area contributed by atoms with Crippen LogP contribution in [0.4, 0.5) is 4.39 Å². The molecule has 0 aromatic rings. The molecule has 1 N–H and O–H groups in total. The summed E-state index contributed by atoms with van der Waals surface area (Å²) in [6.45, 7) is 1.75. The van der Waals surface area contributed by atoms with Gasteiger partial charge in [0.25, 0.3) is 5.00 Å². The van der Waals surface area contributed by atoms with Gasteiger partial charge in [-0.15, -0.1) is 11.8 Å². The third-order valence-corrected chi connectivity index (χ3v) is 4.05. The number of carbonyl (C=O) groups excluding carboxylic acids is 1. The van der Waals surface area contributed by atoms with E-state index in [9.17, 15) is 14.3 Å². The largest absolute Gasteiger partial charge is 0.466 e. The molecule has 0 aromatic heterocycles. The number of aliphatic hydroxyl groups is 1. The number of ether oxygens (including phenoxy) is 1. The van der Waals surface area contributed by atoms with E-state index in [1.807, 2.05) is 0 Å². The molecule has 1 saturated carbocycles.